The third kappa shape index (κ3) is 2.95. The summed E-state index contributed by atoms with van der Waals surface area (Å²) in [6.45, 7) is 0.137. The van der Waals surface area contributed by atoms with E-state index in [0.29, 0.717) is 5.75 Å². The Labute approximate surface area is 131 Å². The predicted octanol–water partition coefficient (Wildman–Crippen LogP) is 1.77. The molecule has 1 unspecified atom stereocenters. The molecule has 0 saturated heterocycles. The summed E-state index contributed by atoms with van der Waals surface area (Å²) in [4.78, 5) is 2.76. The molecule has 0 bridgehead atoms. The molecule has 0 fully saturated rings. The van der Waals surface area contributed by atoms with Gasteiger partial charge in [0, 0.05) is 0 Å². The number of ether oxygens (including phenoxy) is 5. The first-order chi connectivity index (χ1) is 11.1. The zero-order valence-corrected chi connectivity index (χ0v) is 12.2. The fourth-order valence-corrected chi connectivity index (χ4v) is 2.02. The Morgan fingerprint density at radius 1 is 1.30 bits per heavy atom. The van der Waals surface area contributed by atoms with Gasteiger partial charge in [0.1, 0.15) is 12.4 Å². The average molecular weight is 318 g/mol. The first-order valence-corrected chi connectivity index (χ1v) is 6.79. The standard InChI is InChI=1S/C15H14N2O6/c1-19-13-11(20-9-5-8-16)12-14(17-13)23-15(18,22-12)21-10-6-3-2-4-7-10/h2-4,6-7,17-18H,5,9H2,1H3. The van der Waals surface area contributed by atoms with Crippen molar-refractivity contribution in [1.82, 2.24) is 4.98 Å². The number of H-pyrrole nitrogens is 1. The fraction of sp³-hybridized carbons (Fsp3) is 0.267. The molecule has 1 aromatic carbocycles. The number of aromatic amines is 1. The van der Waals surface area contributed by atoms with Crippen molar-refractivity contribution >= 4 is 0 Å². The normalized spacial score (nSPS) is 18.3. The van der Waals surface area contributed by atoms with Crippen LogP contribution in [0.5, 0.6) is 29.0 Å². The molecule has 2 heterocycles. The van der Waals surface area contributed by atoms with Gasteiger partial charge in [-0.15, -0.1) is 0 Å². The van der Waals surface area contributed by atoms with E-state index in [1.807, 2.05) is 12.1 Å². The monoisotopic (exact) mass is 318 g/mol. The summed E-state index contributed by atoms with van der Waals surface area (Å²) in [5, 5.41) is 18.9. The number of para-hydroxylation sites is 1. The molecule has 0 amide bonds. The molecule has 2 aromatic rings. The number of rotatable bonds is 6. The molecule has 120 valence electrons. The van der Waals surface area contributed by atoms with Gasteiger partial charge in [0.05, 0.1) is 19.6 Å². The quantitative estimate of drug-likeness (QED) is 0.617. The number of methoxy groups -OCH3 is 1. The lowest BCUT2D eigenvalue weighted by molar-refractivity contribution is -0.368. The van der Waals surface area contributed by atoms with Crippen LogP contribution < -0.4 is 23.7 Å². The number of aliphatic hydroxyl groups is 1. The zero-order valence-electron chi connectivity index (χ0n) is 12.2. The summed E-state index contributed by atoms with van der Waals surface area (Å²) >= 11 is 0. The van der Waals surface area contributed by atoms with Gasteiger partial charge in [-0.2, -0.15) is 5.26 Å². The fourth-order valence-electron chi connectivity index (χ4n) is 2.02. The predicted molar refractivity (Wildman–Crippen MR) is 76.3 cm³/mol. The number of aromatic nitrogens is 1. The van der Waals surface area contributed by atoms with Gasteiger partial charge >= 0.3 is 6.16 Å². The van der Waals surface area contributed by atoms with Gasteiger partial charge in [0.25, 0.3) is 5.88 Å². The number of nitriles is 1. The van der Waals surface area contributed by atoms with Gasteiger partial charge in [0.2, 0.25) is 17.4 Å². The maximum absolute atomic E-state index is 10.3. The molecule has 3 rings (SSSR count). The van der Waals surface area contributed by atoms with Crippen molar-refractivity contribution < 1.29 is 28.8 Å². The lowest BCUT2D eigenvalue weighted by atomic mass is 10.3. The molecule has 0 aliphatic carbocycles. The van der Waals surface area contributed by atoms with Gasteiger partial charge in [0.15, 0.2) is 0 Å². The van der Waals surface area contributed by atoms with Gasteiger partial charge in [-0.25, -0.2) is 0 Å². The number of nitrogens with zero attached hydrogens (tertiary/aromatic N) is 1. The molecular weight excluding hydrogens is 304 g/mol. The molecule has 1 aliphatic rings. The summed E-state index contributed by atoms with van der Waals surface area (Å²) in [7, 11) is 1.44. The molecule has 23 heavy (non-hydrogen) atoms. The van der Waals surface area contributed by atoms with E-state index in [-0.39, 0.29) is 36.3 Å². The molecule has 0 saturated carbocycles. The van der Waals surface area contributed by atoms with Crippen LogP contribution in [0.2, 0.25) is 0 Å². The molecule has 8 heteroatoms. The van der Waals surface area contributed by atoms with Crippen LogP contribution in [-0.2, 0) is 0 Å². The maximum Gasteiger partial charge on any atom is 0.559 e. The number of fused-ring (bicyclic) bond motifs is 1. The van der Waals surface area contributed by atoms with Crippen molar-refractivity contribution in [2.24, 2.45) is 0 Å². The van der Waals surface area contributed by atoms with Crippen molar-refractivity contribution in [3.8, 4) is 35.1 Å². The minimum Gasteiger partial charge on any atom is -0.484 e. The Morgan fingerprint density at radius 3 is 2.78 bits per heavy atom. The maximum atomic E-state index is 10.3. The second-order valence-corrected chi connectivity index (χ2v) is 4.55. The van der Waals surface area contributed by atoms with E-state index >= 15 is 0 Å². The topological polar surface area (TPSA) is 106 Å². The second kappa shape index (κ2) is 5.98. The molecule has 0 spiro atoms. The lowest BCUT2D eigenvalue weighted by Gasteiger charge is -2.21. The van der Waals surface area contributed by atoms with Crippen molar-refractivity contribution in [3.63, 3.8) is 0 Å². The SMILES string of the molecule is COc1[nH]c2c(c1OCCC#N)OC(O)(Oc1ccccc1)O2. The molecule has 1 aliphatic heterocycles. The third-order valence-electron chi connectivity index (χ3n) is 2.96. The number of benzene rings is 1. The highest BCUT2D eigenvalue weighted by molar-refractivity contribution is 5.57. The van der Waals surface area contributed by atoms with Gasteiger partial charge < -0.3 is 23.7 Å². The molecule has 0 radical (unpaired) electrons. The van der Waals surface area contributed by atoms with E-state index < -0.39 is 6.16 Å². The van der Waals surface area contributed by atoms with Gasteiger partial charge in [-0.05, 0) is 12.1 Å². The lowest BCUT2D eigenvalue weighted by Crippen LogP contribution is -2.44. The van der Waals surface area contributed by atoms with E-state index in [1.54, 1.807) is 24.3 Å². The summed E-state index contributed by atoms with van der Waals surface area (Å²) in [6, 6.07) is 10.5. The van der Waals surface area contributed by atoms with Crippen LogP contribution in [0, 0.1) is 11.3 Å². The minimum atomic E-state index is -2.32. The summed E-state index contributed by atoms with van der Waals surface area (Å²) in [5.74, 6) is 1.03. The third-order valence-corrected chi connectivity index (χ3v) is 2.96. The van der Waals surface area contributed by atoms with Crippen LogP contribution in [0.25, 0.3) is 0 Å². The van der Waals surface area contributed by atoms with Gasteiger partial charge in [-0.1, -0.05) is 18.2 Å². The van der Waals surface area contributed by atoms with E-state index in [2.05, 4.69) is 4.98 Å². The minimum absolute atomic E-state index is 0.104. The molecule has 2 N–H and O–H groups in total. The van der Waals surface area contributed by atoms with Crippen molar-refractivity contribution in [2.45, 2.75) is 12.6 Å². The molecule has 8 nitrogen and oxygen atoms in total. The smallest absolute Gasteiger partial charge is 0.484 e. The first-order valence-electron chi connectivity index (χ1n) is 6.79. The molecular formula is C15H14N2O6. The van der Waals surface area contributed by atoms with Crippen LogP contribution in [0.3, 0.4) is 0 Å². The van der Waals surface area contributed by atoms with Crippen LogP contribution in [0.1, 0.15) is 6.42 Å². The van der Waals surface area contributed by atoms with Gasteiger partial charge in [-0.3, -0.25) is 10.1 Å². The summed E-state index contributed by atoms with van der Waals surface area (Å²) < 4.78 is 26.5. The Hall–Kier alpha value is -3.05. The summed E-state index contributed by atoms with van der Waals surface area (Å²) in [5.41, 5.74) is 0. The highest BCUT2D eigenvalue weighted by atomic mass is 17.0. The number of hydrogen-bond donors (Lipinski definition) is 2. The highest BCUT2D eigenvalue weighted by Crippen LogP contribution is 2.51. The van der Waals surface area contributed by atoms with Crippen LogP contribution in [0.4, 0.5) is 0 Å². The van der Waals surface area contributed by atoms with E-state index in [1.165, 1.54) is 7.11 Å². The van der Waals surface area contributed by atoms with Crippen molar-refractivity contribution in [1.29, 1.82) is 5.26 Å². The Balaban J connectivity index is 1.79. The Bertz CT molecular complexity index is 724. The average Bonchev–Trinajstić information content (AvgIpc) is 3.02. The zero-order chi connectivity index (χ0) is 16.3. The Morgan fingerprint density at radius 2 is 2.09 bits per heavy atom. The molecule has 1 atom stereocenters. The van der Waals surface area contributed by atoms with Crippen LogP contribution >= 0.6 is 0 Å². The van der Waals surface area contributed by atoms with Crippen LogP contribution in [0.15, 0.2) is 30.3 Å². The number of hydrogen-bond acceptors (Lipinski definition) is 7. The summed E-state index contributed by atoms with van der Waals surface area (Å²) in [6.07, 6.45) is -2.13. The van der Waals surface area contributed by atoms with Crippen LogP contribution in [-0.4, -0.2) is 30.0 Å². The largest absolute Gasteiger partial charge is 0.559 e. The molecule has 1 aromatic heterocycles. The first kappa shape index (κ1) is 14.9. The van der Waals surface area contributed by atoms with E-state index in [0.717, 1.165) is 0 Å². The highest BCUT2D eigenvalue weighted by Gasteiger charge is 2.48. The second-order valence-electron chi connectivity index (χ2n) is 4.55. The number of nitrogens with one attached hydrogen (secondary N) is 1. The van der Waals surface area contributed by atoms with E-state index in [9.17, 15) is 5.11 Å². The van der Waals surface area contributed by atoms with Crippen molar-refractivity contribution in [3.05, 3.63) is 30.3 Å². The van der Waals surface area contributed by atoms with Crippen molar-refractivity contribution in [2.75, 3.05) is 13.7 Å². The Kier molecular flexibility index (Phi) is 3.87. The van der Waals surface area contributed by atoms with E-state index in [4.69, 9.17) is 28.9 Å².